The number of nitrogens with zero attached hydrogens (tertiary/aromatic N) is 3. The van der Waals surface area contributed by atoms with E-state index < -0.39 is 11.6 Å². The van der Waals surface area contributed by atoms with E-state index in [4.69, 9.17) is 16.1 Å². The third kappa shape index (κ3) is 4.03. The first-order valence-electron chi connectivity index (χ1n) is 8.21. The summed E-state index contributed by atoms with van der Waals surface area (Å²) in [6, 6.07) is 3.85. The summed E-state index contributed by atoms with van der Waals surface area (Å²) in [5, 5.41) is 3.88. The van der Waals surface area contributed by atoms with E-state index in [1.54, 1.807) is 13.8 Å². The van der Waals surface area contributed by atoms with Crippen molar-refractivity contribution in [2.75, 3.05) is 0 Å². The molecule has 8 heteroatoms. The van der Waals surface area contributed by atoms with Crippen LogP contribution in [-0.2, 0) is 4.79 Å². The van der Waals surface area contributed by atoms with Gasteiger partial charge in [0.1, 0.15) is 17.4 Å². The van der Waals surface area contributed by atoms with Gasteiger partial charge in [0.2, 0.25) is 11.7 Å². The average molecular weight is 392 g/mol. The van der Waals surface area contributed by atoms with Crippen LogP contribution >= 0.6 is 11.6 Å². The SMILES string of the molecule is CC(=O)C[C@H](C)c1ncc(-c2cc(Cl)cc(F)c2-c2noc(C)n2)cc1F. The van der Waals surface area contributed by atoms with Crippen molar-refractivity contribution in [2.24, 2.45) is 0 Å². The molecule has 140 valence electrons. The van der Waals surface area contributed by atoms with Crippen molar-refractivity contribution in [1.82, 2.24) is 15.1 Å². The lowest BCUT2D eigenvalue weighted by atomic mass is 9.96. The Kier molecular flexibility index (Phi) is 5.32. The van der Waals surface area contributed by atoms with Crippen molar-refractivity contribution < 1.29 is 18.1 Å². The second-order valence-electron chi connectivity index (χ2n) is 6.35. The molecule has 0 aliphatic rings. The zero-order valence-corrected chi connectivity index (χ0v) is 15.6. The number of hydrogen-bond donors (Lipinski definition) is 0. The summed E-state index contributed by atoms with van der Waals surface area (Å²) in [6.45, 7) is 4.74. The molecule has 0 N–H and O–H groups in total. The number of benzene rings is 1. The fourth-order valence-corrected chi connectivity index (χ4v) is 3.12. The molecule has 2 heterocycles. The van der Waals surface area contributed by atoms with E-state index in [0.29, 0.717) is 5.56 Å². The van der Waals surface area contributed by atoms with Crippen LogP contribution in [0.2, 0.25) is 5.02 Å². The average Bonchev–Trinajstić information content (AvgIpc) is 2.99. The third-order valence-corrected chi connectivity index (χ3v) is 4.27. The van der Waals surface area contributed by atoms with Crippen LogP contribution in [0.1, 0.15) is 37.8 Å². The fourth-order valence-electron chi connectivity index (χ4n) is 2.92. The van der Waals surface area contributed by atoms with Gasteiger partial charge in [-0.05, 0) is 30.7 Å². The van der Waals surface area contributed by atoms with Crippen molar-refractivity contribution in [3.05, 3.63) is 52.6 Å². The van der Waals surface area contributed by atoms with Crippen LogP contribution in [0.25, 0.3) is 22.5 Å². The van der Waals surface area contributed by atoms with Crippen LogP contribution in [0.3, 0.4) is 0 Å². The number of rotatable bonds is 5. The molecule has 27 heavy (non-hydrogen) atoms. The molecule has 0 aliphatic carbocycles. The predicted octanol–water partition coefficient (Wildman–Crippen LogP) is 5.12. The molecule has 3 aromatic rings. The van der Waals surface area contributed by atoms with Crippen LogP contribution in [-0.4, -0.2) is 20.9 Å². The molecular weight excluding hydrogens is 376 g/mol. The van der Waals surface area contributed by atoms with E-state index in [1.807, 2.05) is 0 Å². The summed E-state index contributed by atoms with van der Waals surface area (Å²) in [7, 11) is 0. The molecule has 0 fully saturated rings. The molecule has 0 amide bonds. The van der Waals surface area contributed by atoms with E-state index in [2.05, 4.69) is 15.1 Å². The monoisotopic (exact) mass is 391 g/mol. The second kappa shape index (κ2) is 7.52. The minimum atomic E-state index is -0.660. The van der Waals surface area contributed by atoms with Crippen molar-refractivity contribution >= 4 is 17.4 Å². The number of halogens is 3. The van der Waals surface area contributed by atoms with Gasteiger partial charge in [0, 0.05) is 36.0 Å². The Morgan fingerprint density at radius 1 is 1.26 bits per heavy atom. The van der Waals surface area contributed by atoms with Crippen molar-refractivity contribution in [1.29, 1.82) is 0 Å². The minimum absolute atomic E-state index is 0.0334. The Hall–Kier alpha value is -2.67. The highest BCUT2D eigenvalue weighted by Crippen LogP contribution is 2.36. The Morgan fingerprint density at radius 3 is 2.59 bits per heavy atom. The molecule has 0 aliphatic heterocycles. The smallest absolute Gasteiger partial charge is 0.223 e. The Bertz CT molecular complexity index is 1020. The predicted molar refractivity (Wildman–Crippen MR) is 96.3 cm³/mol. The standard InChI is InChI=1S/C19H16ClF2N3O2/c1-9(4-10(2)26)18-16(22)5-12(8-23-18)14-6-13(20)7-15(21)17(14)19-24-11(3)27-25-19/h5-9H,4H2,1-3H3/t9-/m0/s1. The molecule has 1 aromatic carbocycles. The molecule has 1 atom stereocenters. The minimum Gasteiger partial charge on any atom is -0.339 e. The number of carbonyl (C=O) groups is 1. The molecule has 0 saturated carbocycles. The topological polar surface area (TPSA) is 68.9 Å². The van der Waals surface area contributed by atoms with Crippen LogP contribution in [0.15, 0.2) is 28.9 Å². The first-order chi connectivity index (χ1) is 12.8. The third-order valence-electron chi connectivity index (χ3n) is 4.05. The number of aryl methyl sites for hydroxylation is 1. The van der Waals surface area contributed by atoms with Gasteiger partial charge in [-0.1, -0.05) is 23.7 Å². The largest absolute Gasteiger partial charge is 0.339 e. The number of pyridine rings is 1. The molecule has 0 spiro atoms. The first-order valence-corrected chi connectivity index (χ1v) is 8.59. The van der Waals surface area contributed by atoms with Gasteiger partial charge in [-0.2, -0.15) is 4.98 Å². The molecule has 0 bridgehead atoms. The highest BCUT2D eigenvalue weighted by Gasteiger charge is 2.21. The summed E-state index contributed by atoms with van der Waals surface area (Å²) in [5.41, 5.74) is 0.818. The Morgan fingerprint density at radius 2 is 2.00 bits per heavy atom. The number of hydrogen-bond acceptors (Lipinski definition) is 5. The summed E-state index contributed by atoms with van der Waals surface area (Å²) in [6.07, 6.45) is 1.60. The molecular formula is C19H16ClF2N3O2. The van der Waals surface area contributed by atoms with Gasteiger partial charge in [0.05, 0.1) is 11.3 Å². The van der Waals surface area contributed by atoms with Crippen LogP contribution in [0, 0.1) is 18.6 Å². The lowest BCUT2D eigenvalue weighted by Crippen LogP contribution is -2.05. The summed E-state index contributed by atoms with van der Waals surface area (Å²) < 4.78 is 34.1. The number of Topliss-reactive ketones (excluding diaryl/α,β-unsaturated/α-hetero) is 1. The van der Waals surface area contributed by atoms with Gasteiger partial charge in [-0.15, -0.1) is 0 Å². The van der Waals surface area contributed by atoms with Crippen molar-refractivity contribution in [3.63, 3.8) is 0 Å². The van der Waals surface area contributed by atoms with Gasteiger partial charge < -0.3 is 9.32 Å². The molecule has 0 radical (unpaired) electrons. The maximum absolute atomic E-state index is 14.6. The fraction of sp³-hybridized carbons (Fsp3) is 0.263. The molecule has 2 aromatic heterocycles. The van der Waals surface area contributed by atoms with Gasteiger partial charge in [0.25, 0.3) is 0 Å². The van der Waals surface area contributed by atoms with Gasteiger partial charge in [0.15, 0.2) is 0 Å². The molecule has 0 unspecified atom stereocenters. The summed E-state index contributed by atoms with van der Waals surface area (Å²) in [4.78, 5) is 19.5. The van der Waals surface area contributed by atoms with E-state index in [1.165, 1.54) is 25.3 Å². The molecule has 5 nitrogen and oxygen atoms in total. The van der Waals surface area contributed by atoms with Crippen LogP contribution in [0.5, 0.6) is 0 Å². The highest BCUT2D eigenvalue weighted by atomic mass is 35.5. The van der Waals surface area contributed by atoms with Gasteiger partial charge >= 0.3 is 0 Å². The van der Waals surface area contributed by atoms with Crippen LogP contribution < -0.4 is 0 Å². The van der Waals surface area contributed by atoms with Crippen molar-refractivity contribution in [3.8, 4) is 22.5 Å². The lowest BCUT2D eigenvalue weighted by Gasteiger charge is -2.13. The van der Waals surface area contributed by atoms with Gasteiger partial charge in [-0.25, -0.2) is 8.78 Å². The highest BCUT2D eigenvalue weighted by molar-refractivity contribution is 6.31. The van der Waals surface area contributed by atoms with E-state index in [0.717, 1.165) is 6.07 Å². The Balaban J connectivity index is 2.11. The van der Waals surface area contributed by atoms with E-state index in [-0.39, 0.29) is 51.7 Å². The maximum Gasteiger partial charge on any atom is 0.223 e. The molecule has 3 rings (SSSR count). The zero-order valence-electron chi connectivity index (χ0n) is 14.9. The quantitative estimate of drug-likeness (QED) is 0.603. The van der Waals surface area contributed by atoms with E-state index >= 15 is 0 Å². The number of carbonyl (C=O) groups excluding carboxylic acids is 1. The van der Waals surface area contributed by atoms with Crippen LogP contribution in [0.4, 0.5) is 8.78 Å². The van der Waals surface area contributed by atoms with E-state index in [9.17, 15) is 13.6 Å². The Labute approximate surface area is 159 Å². The first kappa shape index (κ1) is 19.1. The lowest BCUT2D eigenvalue weighted by molar-refractivity contribution is -0.117. The number of aromatic nitrogens is 3. The number of ketones is 1. The maximum atomic E-state index is 14.6. The van der Waals surface area contributed by atoms with Gasteiger partial charge in [-0.3, -0.25) is 4.98 Å². The molecule has 0 saturated heterocycles. The van der Waals surface area contributed by atoms with Crippen molar-refractivity contribution in [2.45, 2.75) is 33.1 Å². The normalized spacial score (nSPS) is 12.2. The summed E-state index contributed by atoms with van der Waals surface area (Å²) in [5.74, 6) is -1.37. The second-order valence-corrected chi connectivity index (χ2v) is 6.78. The zero-order chi connectivity index (χ0) is 19.7. The summed E-state index contributed by atoms with van der Waals surface area (Å²) >= 11 is 5.99.